The van der Waals surface area contributed by atoms with Gasteiger partial charge in [-0.2, -0.15) is 5.26 Å². The van der Waals surface area contributed by atoms with Crippen molar-refractivity contribution in [2.75, 3.05) is 6.54 Å². The maximum absolute atomic E-state index is 8.73. The normalized spacial score (nSPS) is 23.8. The molecule has 0 aromatic rings. The molecule has 0 fully saturated rings. The first-order valence-electron chi connectivity index (χ1n) is 5.14. The number of rotatable bonds is 4. The maximum atomic E-state index is 8.73. The van der Waals surface area contributed by atoms with Gasteiger partial charge in [-0.25, -0.2) is 0 Å². The highest BCUT2D eigenvalue weighted by Crippen LogP contribution is 2.17. The first-order chi connectivity index (χ1) is 6.36. The highest BCUT2D eigenvalue weighted by atomic mass is 14.9. The number of nitrogens with zero attached hydrogens (tertiary/aromatic N) is 1. The number of allylic oxidation sites excluding steroid dienone is 2. The third-order valence-electron chi connectivity index (χ3n) is 2.59. The minimum absolute atomic E-state index is 0.0471. The third kappa shape index (κ3) is 3.61. The molecule has 0 spiro atoms. The van der Waals surface area contributed by atoms with E-state index < -0.39 is 0 Å². The van der Waals surface area contributed by atoms with Crippen molar-refractivity contribution < 1.29 is 0 Å². The monoisotopic (exact) mass is 178 g/mol. The van der Waals surface area contributed by atoms with Gasteiger partial charge in [-0.05, 0) is 38.1 Å². The second-order valence-electron chi connectivity index (χ2n) is 3.65. The molecule has 1 rings (SSSR count). The first-order valence-corrected chi connectivity index (χ1v) is 5.14. The van der Waals surface area contributed by atoms with Crippen LogP contribution in [0.25, 0.3) is 0 Å². The molecule has 1 aliphatic carbocycles. The molecule has 72 valence electrons. The standard InChI is InChI=1S/C11H18N2/c1-2-11(8-12)13-9-10-6-4-3-5-7-10/h3-4,10-11,13H,2,5-7,9H2,1H3. The highest BCUT2D eigenvalue weighted by Gasteiger charge is 2.11. The summed E-state index contributed by atoms with van der Waals surface area (Å²) in [6, 6.07) is 2.31. The molecule has 0 bridgehead atoms. The lowest BCUT2D eigenvalue weighted by atomic mass is 9.94. The van der Waals surface area contributed by atoms with Gasteiger partial charge in [0, 0.05) is 0 Å². The molecule has 0 amide bonds. The van der Waals surface area contributed by atoms with Crippen molar-refractivity contribution in [2.45, 2.75) is 38.6 Å². The van der Waals surface area contributed by atoms with E-state index in [0.29, 0.717) is 0 Å². The van der Waals surface area contributed by atoms with Crippen molar-refractivity contribution >= 4 is 0 Å². The summed E-state index contributed by atoms with van der Waals surface area (Å²) in [4.78, 5) is 0. The van der Waals surface area contributed by atoms with Crippen LogP contribution in [0.3, 0.4) is 0 Å². The molecule has 0 heterocycles. The van der Waals surface area contributed by atoms with E-state index in [-0.39, 0.29) is 6.04 Å². The van der Waals surface area contributed by atoms with Gasteiger partial charge in [-0.3, -0.25) is 0 Å². The Labute approximate surface area is 80.6 Å². The van der Waals surface area contributed by atoms with Gasteiger partial charge >= 0.3 is 0 Å². The Morgan fingerprint density at radius 1 is 1.62 bits per heavy atom. The van der Waals surface area contributed by atoms with E-state index in [0.717, 1.165) is 18.9 Å². The van der Waals surface area contributed by atoms with Gasteiger partial charge in [0.2, 0.25) is 0 Å². The fraction of sp³-hybridized carbons (Fsp3) is 0.727. The van der Waals surface area contributed by atoms with E-state index >= 15 is 0 Å². The predicted molar refractivity (Wildman–Crippen MR) is 54.2 cm³/mol. The van der Waals surface area contributed by atoms with Gasteiger partial charge < -0.3 is 5.32 Å². The van der Waals surface area contributed by atoms with E-state index in [1.807, 2.05) is 6.92 Å². The zero-order valence-electron chi connectivity index (χ0n) is 8.29. The SMILES string of the molecule is CCC(C#N)NCC1CC=CCC1. The Morgan fingerprint density at radius 3 is 3.00 bits per heavy atom. The smallest absolute Gasteiger partial charge is 0.0950 e. The summed E-state index contributed by atoms with van der Waals surface area (Å²) in [6.45, 7) is 3.04. The number of hydrogen-bond acceptors (Lipinski definition) is 2. The Balaban J connectivity index is 2.18. The van der Waals surface area contributed by atoms with E-state index in [2.05, 4.69) is 23.5 Å². The molecule has 0 saturated heterocycles. The molecule has 2 heteroatoms. The van der Waals surface area contributed by atoms with Crippen LogP contribution in [0.4, 0.5) is 0 Å². The van der Waals surface area contributed by atoms with Crippen LogP contribution in [-0.4, -0.2) is 12.6 Å². The summed E-state index contributed by atoms with van der Waals surface area (Å²) >= 11 is 0. The van der Waals surface area contributed by atoms with Gasteiger partial charge in [-0.1, -0.05) is 19.1 Å². The number of nitriles is 1. The predicted octanol–water partition coefficient (Wildman–Crippen LogP) is 2.23. The van der Waals surface area contributed by atoms with Crippen molar-refractivity contribution in [1.29, 1.82) is 5.26 Å². The molecule has 1 aliphatic rings. The van der Waals surface area contributed by atoms with Crippen molar-refractivity contribution in [1.82, 2.24) is 5.32 Å². The van der Waals surface area contributed by atoms with Crippen molar-refractivity contribution in [2.24, 2.45) is 5.92 Å². The molecule has 1 N–H and O–H groups in total. The van der Waals surface area contributed by atoms with Crippen LogP contribution in [0, 0.1) is 17.2 Å². The van der Waals surface area contributed by atoms with Crippen molar-refractivity contribution in [3.8, 4) is 6.07 Å². The molecular weight excluding hydrogens is 160 g/mol. The summed E-state index contributed by atoms with van der Waals surface area (Å²) in [7, 11) is 0. The van der Waals surface area contributed by atoms with Crippen LogP contribution >= 0.6 is 0 Å². The summed E-state index contributed by atoms with van der Waals surface area (Å²) in [5.41, 5.74) is 0. The zero-order chi connectivity index (χ0) is 9.52. The van der Waals surface area contributed by atoms with E-state index in [1.165, 1.54) is 19.3 Å². The minimum atomic E-state index is 0.0471. The molecule has 2 nitrogen and oxygen atoms in total. The Morgan fingerprint density at radius 2 is 2.46 bits per heavy atom. The van der Waals surface area contributed by atoms with Crippen LogP contribution in [-0.2, 0) is 0 Å². The lowest BCUT2D eigenvalue weighted by Crippen LogP contribution is -2.32. The molecular formula is C11H18N2. The Bertz CT molecular complexity index is 203. The molecule has 0 aromatic carbocycles. The molecule has 0 saturated carbocycles. The van der Waals surface area contributed by atoms with Crippen LogP contribution in [0.1, 0.15) is 32.6 Å². The Hall–Kier alpha value is -0.810. The van der Waals surface area contributed by atoms with Crippen molar-refractivity contribution in [3.05, 3.63) is 12.2 Å². The minimum Gasteiger partial charge on any atom is -0.302 e. The molecule has 0 radical (unpaired) electrons. The highest BCUT2D eigenvalue weighted by molar-refractivity contribution is 4.93. The van der Waals surface area contributed by atoms with Crippen molar-refractivity contribution in [3.63, 3.8) is 0 Å². The number of hydrogen-bond donors (Lipinski definition) is 1. The van der Waals surface area contributed by atoms with Crippen LogP contribution in [0.5, 0.6) is 0 Å². The summed E-state index contributed by atoms with van der Waals surface area (Å²) < 4.78 is 0. The van der Waals surface area contributed by atoms with Gasteiger partial charge in [0.25, 0.3) is 0 Å². The summed E-state index contributed by atoms with van der Waals surface area (Å²) in [6.07, 6.45) is 9.05. The van der Waals surface area contributed by atoms with Gasteiger partial charge in [-0.15, -0.1) is 0 Å². The first kappa shape index (κ1) is 10.3. The molecule has 2 atom stereocenters. The fourth-order valence-corrected chi connectivity index (χ4v) is 1.63. The quantitative estimate of drug-likeness (QED) is 0.670. The largest absolute Gasteiger partial charge is 0.302 e. The lowest BCUT2D eigenvalue weighted by Gasteiger charge is -2.19. The maximum Gasteiger partial charge on any atom is 0.0950 e. The van der Waals surface area contributed by atoms with Crippen LogP contribution < -0.4 is 5.32 Å². The van der Waals surface area contributed by atoms with E-state index in [9.17, 15) is 0 Å². The van der Waals surface area contributed by atoms with Crippen LogP contribution in [0.15, 0.2) is 12.2 Å². The van der Waals surface area contributed by atoms with Gasteiger partial charge in [0.05, 0.1) is 12.1 Å². The number of nitrogens with one attached hydrogen (secondary N) is 1. The Kier molecular flexibility index (Phi) is 4.56. The van der Waals surface area contributed by atoms with Crippen LogP contribution in [0.2, 0.25) is 0 Å². The van der Waals surface area contributed by atoms with Gasteiger partial charge in [0.15, 0.2) is 0 Å². The van der Waals surface area contributed by atoms with E-state index in [1.54, 1.807) is 0 Å². The molecule has 13 heavy (non-hydrogen) atoms. The fourth-order valence-electron chi connectivity index (χ4n) is 1.63. The summed E-state index contributed by atoms with van der Waals surface area (Å²) in [5.74, 6) is 0.743. The molecule has 0 aliphatic heterocycles. The topological polar surface area (TPSA) is 35.8 Å². The average Bonchev–Trinajstić information content (AvgIpc) is 2.21. The van der Waals surface area contributed by atoms with Gasteiger partial charge in [0.1, 0.15) is 0 Å². The molecule has 2 unspecified atom stereocenters. The van der Waals surface area contributed by atoms with E-state index in [4.69, 9.17) is 5.26 Å². The third-order valence-corrected chi connectivity index (χ3v) is 2.59. The average molecular weight is 178 g/mol. The molecule has 0 aromatic heterocycles. The second-order valence-corrected chi connectivity index (χ2v) is 3.65. The zero-order valence-corrected chi connectivity index (χ0v) is 8.29. The summed E-state index contributed by atoms with van der Waals surface area (Å²) in [5, 5.41) is 12.0. The second kappa shape index (κ2) is 5.77. The lowest BCUT2D eigenvalue weighted by molar-refractivity contribution is 0.422.